The molecule has 7 nitrogen and oxygen atoms in total. The standard InChI is InChI=1S/C26H37N7/c1-20(2)24-18-32(25(29-6)14-13-21(3)10-9-15-28-5)16-17-33(24)26(30-19-27)31-23-12-8-7-11-22(23)4/h7-13,15,20,24-25H,6,14,16-18H2,1-5H3,(H,30,31)/b10-9-,21-13+,28-15-. The van der Waals surface area contributed by atoms with Crippen LogP contribution in [0.15, 0.2) is 63.0 Å². The predicted octanol–water partition coefficient (Wildman–Crippen LogP) is 4.51. The highest BCUT2D eigenvalue weighted by atomic mass is 15.4. The van der Waals surface area contributed by atoms with Gasteiger partial charge in [-0.05, 0) is 44.2 Å². The summed E-state index contributed by atoms with van der Waals surface area (Å²) in [5, 5.41) is 12.8. The molecule has 1 aromatic carbocycles. The summed E-state index contributed by atoms with van der Waals surface area (Å²) in [7, 11) is 1.76. The number of nitrogens with one attached hydrogen (secondary N) is 1. The molecule has 1 saturated heterocycles. The van der Waals surface area contributed by atoms with E-state index in [0.29, 0.717) is 11.9 Å². The minimum absolute atomic E-state index is 0.0114. The van der Waals surface area contributed by atoms with Crippen LogP contribution in [0.4, 0.5) is 5.69 Å². The van der Waals surface area contributed by atoms with E-state index in [-0.39, 0.29) is 12.2 Å². The van der Waals surface area contributed by atoms with Gasteiger partial charge in [-0.15, -0.1) is 4.99 Å². The number of benzene rings is 1. The number of hydrogen-bond donors (Lipinski definition) is 1. The summed E-state index contributed by atoms with van der Waals surface area (Å²) >= 11 is 0. The maximum atomic E-state index is 9.36. The van der Waals surface area contributed by atoms with E-state index in [1.54, 1.807) is 13.3 Å². The van der Waals surface area contributed by atoms with E-state index in [1.807, 2.05) is 49.5 Å². The summed E-state index contributed by atoms with van der Waals surface area (Å²) in [5.74, 6) is 0.973. The third kappa shape index (κ3) is 7.69. The predicted molar refractivity (Wildman–Crippen MR) is 140 cm³/mol. The third-order valence-corrected chi connectivity index (χ3v) is 5.92. The molecule has 0 spiro atoms. The Morgan fingerprint density at radius 2 is 2.09 bits per heavy atom. The van der Waals surface area contributed by atoms with Crippen LogP contribution in [0, 0.1) is 24.3 Å². The molecule has 1 aliphatic rings. The zero-order chi connectivity index (χ0) is 24.2. The van der Waals surface area contributed by atoms with Crippen LogP contribution in [0.1, 0.15) is 32.8 Å². The van der Waals surface area contributed by atoms with E-state index in [9.17, 15) is 5.26 Å². The molecule has 0 aliphatic carbocycles. The van der Waals surface area contributed by atoms with E-state index in [2.05, 4.69) is 63.7 Å². The maximum absolute atomic E-state index is 9.36. The Kier molecular flexibility index (Phi) is 10.5. The fraction of sp³-hybridized carbons (Fsp3) is 0.462. The lowest BCUT2D eigenvalue weighted by Gasteiger charge is -2.46. The van der Waals surface area contributed by atoms with Crippen LogP contribution < -0.4 is 5.32 Å². The van der Waals surface area contributed by atoms with Gasteiger partial charge in [-0.1, -0.05) is 49.8 Å². The van der Waals surface area contributed by atoms with Crippen LogP contribution in [-0.2, 0) is 0 Å². The van der Waals surface area contributed by atoms with Gasteiger partial charge in [0.25, 0.3) is 0 Å². The number of hydrogen-bond acceptors (Lipinski definition) is 5. The summed E-state index contributed by atoms with van der Waals surface area (Å²) in [6.07, 6.45) is 10.7. The van der Waals surface area contributed by atoms with Crippen LogP contribution in [0.25, 0.3) is 0 Å². The number of nitriles is 1. The third-order valence-electron chi connectivity index (χ3n) is 5.92. The highest BCUT2D eigenvalue weighted by molar-refractivity contribution is 5.95. The number of guanidine groups is 1. The van der Waals surface area contributed by atoms with E-state index in [0.717, 1.165) is 37.3 Å². The average Bonchev–Trinajstić information content (AvgIpc) is 2.80. The summed E-state index contributed by atoms with van der Waals surface area (Å²) in [5.41, 5.74) is 3.25. The highest BCUT2D eigenvalue weighted by Gasteiger charge is 2.34. The fourth-order valence-corrected chi connectivity index (χ4v) is 3.96. The van der Waals surface area contributed by atoms with Gasteiger partial charge < -0.3 is 10.2 Å². The van der Waals surface area contributed by atoms with Crippen molar-refractivity contribution in [3.8, 4) is 6.19 Å². The lowest BCUT2D eigenvalue weighted by atomic mass is 9.99. The molecule has 0 radical (unpaired) electrons. The van der Waals surface area contributed by atoms with E-state index >= 15 is 0 Å². The number of anilines is 1. The Morgan fingerprint density at radius 1 is 1.33 bits per heavy atom. The van der Waals surface area contributed by atoms with Crippen molar-refractivity contribution in [2.45, 2.75) is 46.3 Å². The van der Waals surface area contributed by atoms with Crippen molar-refractivity contribution >= 4 is 24.6 Å². The van der Waals surface area contributed by atoms with E-state index < -0.39 is 0 Å². The zero-order valence-electron chi connectivity index (χ0n) is 20.6. The van der Waals surface area contributed by atoms with Gasteiger partial charge in [0, 0.05) is 51.0 Å². The second kappa shape index (κ2) is 13.3. The van der Waals surface area contributed by atoms with Crippen molar-refractivity contribution < 1.29 is 0 Å². The molecular formula is C26H37N7. The second-order valence-corrected chi connectivity index (χ2v) is 8.59. The Morgan fingerprint density at radius 3 is 2.73 bits per heavy atom. The number of rotatable bonds is 8. The van der Waals surface area contributed by atoms with Crippen molar-refractivity contribution in [3.05, 3.63) is 53.6 Å². The molecule has 1 aliphatic heterocycles. The number of piperazine rings is 1. The maximum Gasteiger partial charge on any atom is 0.214 e. The van der Waals surface area contributed by atoms with E-state index in [4.69, 9.17) is 0 Å². The highest BCUT2D eigenvalue weighted by Crippen LogP contribution is 2.23. The van der Waals surface area contributed by atoms with Crippen LogP contribution in [0.3, 0.4) is 0 Å². The summed E-state index contributed by atoms with van der Waals surface area (Å²) in [6.45, 7) is 14.8. The molecule has 0 amide bonds. The van der Waals surface area contributed by atoms with Crippen molar-refractivity contribution in [2.24, 2.45) is 20.9 Å². The summed E-state index contributed by atoms with van der Waals surface area (Å²) in [4.78, 5) is 17.2. The summed E-state index contributed by atoms with van der Waals surface area (Å²) < 4.78 is 0. The molecule has 1 aromatic rings. The van der Waals surface area contributed by atoms with Crippen LogP contribution in [0.2, 0.25) is 0 Å². The minimum Gasteiger partial charge on any atom is -0.336 e. The molecule has 176 valence electrons. The van der Waals surface area contributed by atoms with Gasteiger partial charge in [-0.25, -0.2) is 0 Å². The Labute approximate surface area is 198 Å². The monoisotopic (exact) mass is 447 g/mol. The second-order valence-electron chi connectivity index (χ2n) is 8.59. The van der Waals surface area contributed by atoms with Crippen molar-refractivity contribution in [1.29, 1.82) is 5.26 Å². The SMILES string of the molecule is C=NC(C/C=C(C)/C=C\C=N/C)N1CCN(C(=NC#N)Nc2ccccc2C)C(C(C)C)C1. The van der Waals surface area contributed by atoms with E-state index in [1.165, 1.54) is 5.57 Å². The molecule has 0 aromatic heterocycles. The largest absolute Gasteiger partial charge is 0.336 e. The Balaban J connectivity index is 2.17. The molecule has 0 bridgehead atoms. The number of nitrogens with zero attached hydrogens (tertiary/aromatic N) is 6. The molecule has 0 saturated carbocycles. The van der Waals surface area contributed by atoms with Crippen LogP contribution in [0.5, 0.6) is 0 Å². The molecule has 2 unspecified atom stereocenters. The van der Waals surface area contributed by atoms with Gasteiger partial charge in [0.1, 0.15) is 6.17 Å². The first-order valence-electron chi connectivity index (χ1n) is 11.4. The molecule has 33 heavy (non-hydrogen) atoms. The van der Waals surface area contributed by atoms with Crippen LogP contribution in [-0.4, -0.2) is 67.6 Å². The van der Waals surface area contributed by atoms with Gasteiger partial charge in [-0.2, -0.15) is 5.26 Å². The van der Waals surface area contributed by atoms with Gasteiger partial charge in [-0.3, -0.25) is 14.9 Å². The lowest BCUT2D eigenvalue weighted by Crippen LogP contribution is -2.60. The topological polar surface area (TPSA) is 79.4 Å². The minimum atomic E-state index is 0.0114. The quantitative estimate of drug-likeness (QED) is 0.275. The van der Waals surface area contributed by atoms with Crippen molar-refractivity contribution in [1.82, 2.24) is 9.80 Å². The van der Waals surface area contributed by atoms with Crippen molar-refractivity contribution in [3.63, 3.8) is 0 Å². The zero-order valence-corrected chi connectivity index (χ0v) is 20.6. The number of para-hydroxylation sites is 1. The lowest BCUT2D eigenvalue weighted by molar-refractivity contribution is 0.0716. The van der Waals surface area contributed by atoms with Crippen LogP contribution >= 0.6 is 0 Å². The first kappa shape index (κ1) is 26.0. The molecule has 1 N–H and O–H groups in total. The Bertz CT molecular complexity index is 936. The first-order valence-corrected chi connectivity index (χ1v) is 11.4. The van der Waals surface area contributed by atoms with Crippen molar-refractivity contribution in [2.75, 3.05) is 32.0 Å². The number of allylic oxidation sites excluding steroid dienone is 3. The van der Waals surface area contributed by atoms with Gasteiger partial charge in [0.2, 0.25) is 12.2 Å². The Hall–Kier alpha value is -3.24. The molecule has 7 heteroatoms. The fourth-order valence-electron chi connectivity index (χ4n) is 3.96. The number of aliphatic imine (C=N–C) groups is 3. The van der Waals surface area contributed by atoms with Gasteiger partial charge in [0.15, 0.2) is 0 Å². The summed E-state index contributed by atoms with van der Waals surface area (Å²) in [6, 6.07) is 8.23. The average molecular weight is 448 g/mol. The normalized spacial score (nSPS) is 19.3. The van der Waals surface area contributed by atoms with Gasteiger partial charge in [0.05, 0.1) is 0 Å². The smallest absolute Gasteiger partial charge is 0.214 e. The first-order chi connectivity index (χ1) is 15.9. The molecule has 2 rings (SSSR count). The molecule has 2 atom stereocenters. The molecule has 1 heterocycles. The van der Waals surface area contributed by atoms with Gasteiger partial charge >= 0.3 is 0 Å². The molecular weight excluding hydrogens is 410 g/mol. The number of aryl methyl sites for hydroxylation is 1. The molecule has 1 fully saturated rings.